The van der Waals surface area contributed by atoms with Gasteiger partial charge in [-0.25, -0.2) is 9.18 Å². The number of benzene rings is 1. The predicted molar refractivity (Wildman–Crippen MR) is 213 cm³/mol. The maximum Gasteiger partial charge on any atom is 0.324 e. The van der Waals surface area contributed by atoms with Crippen molar-refractivity contribution in [2.45, 2.75) is 64.5 Å². The SMILES string of the molecule is CC1CCN(CCn2cccc(CN3CCC(=O)NC3=O)c2=O)C[C@H]1F.COc1cc(-c2cn(C)c(=O)c3cnccc23)c(OC)cc1CN1CCC(O)CC1.[HH]. The Hall–Kier alpha value is -5.12. The third-order valence-corrected chi connectivity index (χ3v) is 11.0. The van der Waals surface area contributed by atoms with E-state index >= 15 is 0 Å². The number of fused-ring (bicyclic) bond motifs is 1. The van der Waals surface area contributed by atoms with Crippen LogP contribution in [-0.4, -0.2) is 112 Å². The number of rotatable bonds is 10. The molecule has 3 aliphatic rings. The van der Waals surface area contributed by atoms with Gasteiger partial charge in [0.1, 0.15) is 17.7 Å². The van der Waals surface area contributed by atoms with E-state index < -0.39 is 12.2 Å². The van der Waals surface area contributed by atoms with Crippen molar-refractivity contribution in [3.63, 3.8) is 0 Å². The van der Waals surface area contributed by atoms with Crippen LogP contribution in [0.1, 0.15) is 45.2 Å². The Morgan fingerprint density at radius 2 is 1.64 bits per heavy atom. The van der Waals surface area contributed by atoms with Crippen LogP contribution in [0.15, 0.2) is 64.7 Å². The number of aromatic nitrogens is 3. The number of halogens is 1. The summed E-state index contributed by atoms with van der Waals surface area (Å²) in [5, 5.41) is 13.4. The highest BCUT2D eigenvalue weighted by molar-refractivity contribution is 5.97. The van der Waals surface area contributed by atoms with Crippen LogP contribution < -0.4 is 25.9 Å². The summed E-state index contributed by atoms with van der Waals surface area (Å²) < 4.78 is 28.5. The Morgan fingerprint density at radius 1 is 0.893 bits per heavy atom. The zero-order valence-corrected chi connectivity index (χ0v) is 32.6. The van der Waals surface area contributed by atoms with Crippen LogP contribution in [0.25, 0.3) is 21.9 Å². The number of nitrogens with zero attached hydrogens (tertiary/aromatic N) is 6. The summed E-state index contributed by atoms with van der Waals surface area (Å²) in [6, 6.07) is 8.85. The number of aryl methyl sites for hydroxylation is 1. The fourth-order valence-corrected chi connectivity index (χ4v) is 7.52. The first-order valence-corrected chi connectivity index (χ1v) is 19.2. The molecule has 14 nitrogen and oxygen atoms in total. The van der Waals surface area contributed by atoms with Crippen molar-refractivity contribution in [1.82, 2.24) is 34.1 Å². The minimum atomic E-state index is -0.813. The van der Waals surface area contributed by atoms with Gasteiger partial charge in [-0.15, -0.1) is 0 Å². The van der Waals surface area contributed by atoms with Gasteiger partial charge < -0.3 is 28.6 Å². The summed E-state index contributed by atoms with van der Waals surface area (Å²) >= 11 is 0. The number of urea groups is 1. The largest absolute Gasteiger partial charge is 0.496 e. The monoisotopic (exact) mass is 775 g/mol. The second-order valence-electron chi connectivity index (χ2n) is 14.9. The third kappa shape index (κ3) is 9.45. The van der Waals surface area contributed by atoms with Gasteiger partial charge in [-0.05, 0) is 61.4 Å². The van der Waals surface area contributed by atoms with Crippen LogP contribution in [0, 0.1) is 5.92 Å². The molecule has 0 bridgehead atoms. The van der Waals surface area contributed by atoms with E-state index in [1.54, 1.807) is 61.1 Å². The number of hydrogen-bond donors (Lipinski definition) is 2. The molecule has 4 aromatic rings. The first kappa shape index (κ1) is 40.5. The topological polar surface area (TPSA) is 151 Å². The van der Waals surface area contributed by atoms with E-state index in [0.717, 1.165) is 79.0 Å². The van der Waals surface area contributed by atoms with E-state index in [2.05, 4.69) is 15.2 Å². The minimum Gasteiger partial charge on any atom is -0.496 e. The molecule has 2 N–H and O–H groups in total. The summed E-state index contributed by atoms with van der Waals surface area (Å²) in [6.07, 6.45) is 8.46. The van der Waals surface area contributed by atoms with Crippen molar-refractivity contribution in [1.29, 1.82) is 0 Å². The number of alkyl halides is 1. The molecule has 3 aliphatic heterocycles. The number of nitrogens with one attached hydrogen (secondary N) is 1. The molecule has 0 aliphatic carbocycles. The number of hydrogen-bond acceptors (Lipinski definition) is 10. The molecule has 15 heteroatoms. The molecule has 7 rings (SSSR count). The lowest BCUT2D eigenvalue weighted by molar-refractivity contribution is -0.121. The zero-order valence-electron chi connectivity index (χ0n) is 32.6. The second-order valence-corrected chi connectivity index (χ2v) is 14.9. The average Bonchev–Trinajstić information content (AvgIpc) is 3.20. The summed E-state index contributed by atoms with van der Waals surface area (Å²) in [7, 11) is 5.05. The number of imide groups is 1. The molecule has 56 heavy (non-hydrogen) atoms. The fourth-order valence-electron chi connectivity index (χ4n) is 7.52. The number of aliphatic hydroxyl groups is 1. The number of ether oxygens (including phenoxy) is 2. The molecule has 3 amide bonds. The van der Waals surface area contributed by atoms with Crippen LogP contribution in [0.4, 0.5) is 9.18 Å². The summed E-state index contributed by atoms with van der Waals surface area (Å²) in [4.78, 5) is 58.2. The lowest BCUT2D eigenvalue weighted by atomic mass is 9.97. The highest BCUT2D eigenvalue weighted by Gasteiger charge is 2.27. The average molecular weight is 776 g/mol. The first-order valence-electron chi connectivity index (χ1n) is 19.2. The van der Waals surface area contributed by atoms with Crippen LogP contribution >= 0.6 is 0 Å². The molecule has 0 radical (unpaired) electrons. The number of carbonyl (C=O) groups is 2. The van der Waals surface area contributed by atoms with Gasteiger partial charge >= 0.3 is 6.03 Å². The third-order valence-electron chi connectivity index (χ3n) is 11.0. The van der Waals surface area contributed by atoms with Crippen molar-refractivity contribution in [3.05, 3.63) is 87.0 Å². The maximum absolute atomic E-state index is 13.8. The normalized spacial score (nSPS) is 19.7. The Kier molecular flexibility index (Phi) is 13.2. The molecule has 1 aromatic carbocycles. The molecule has 1 unspecified atom stereocenters. The highest BCUT2D eigenvalue weighted by Crippen LogP contribution is 2.39. The number of aliphatic hydroxyl groups excluding tert-OH is 1. The standard InChI is InChI=1S/C23H27N3O4.C18H25FN4O3.H2/c1-25-14-20(17-4-7-24-12-19(17)23(25)28)18-11-21(29-2)15(10-22(18)30-3)13-26-8-5-16(27)6-9-26;1-13-4-7-21(12-15(13)19)9-10-22-6-2-3-14(17(22)25)11-23-8-5-16(24)20-18(23)26;/h4,7,10-12,14,16,27H,5-6,8-9,13H2,1-3H3;2-3,6,13,15H,4-5,7-12H2,1H3,(H,20,24,26);1H/t;13?,15-;/m.1./s1. The van der Waals surface area contributed by atoms with Crippen LogP contribution in [0.2, 0.25) is 0 Å². The molecular weight excluding hydrogens is 721 g/mol. The maximum atomic E-state index is 13.8. The zero-order chi connectivity index (χ0) is 39.9. The number of pyridine rings is 3. The number of amides is 3. The van der Waals surface area contributed by atoms with E-state index in [-0.39, 0.29) is 43.4 Å². The molecule has 6 heterocycles. The van der Waals surface area contributed by atoms with E-state index in [9.17, 15) is 28.7 Å². The van der Waals surface area contributed by atoms with Crippen LogP contribution in [-0.2, 0) is 31.5 Å². The minimum absolute atomic E-state index is 0. The molecule has 302 valence electrons. The number of likely N-dealkylation sites (tertiary alicyclic amines) is 2. The molecule has 0 saturated carbocycles. The number of piperidine rings is 2. The van der Waals surface area contributed by atoms with Gasteiger partial charge in [0, 0.05) is 108 Å². The van der Waals surface area contributed by atoms with E-state index in [0.29, 0.717) is 37.1 Å². The van der Waals surface area contributed by atoms with Gasteiger partial charge in [0.15, 0.2) is 0 Å². The quantitative estimate of drug-likeness (QED) is 0.244. The van der Waals surface area contributed by atoms with Crippen LogP contribution in [0.5, 0.6) is 11.5 Å². The highest BCUT2D eigenvalue weighted by atomic mass is 19.1. The lowest BCUT2D eigenvalue weighted by Gasteiger charge is -2.33. The Bertz CT molecular complexity index is 2160. The van der Waals surface area contributed by atoms with E-state index in [1.165, 1.54) is 4.90 Å². The summed E-state index contributed by atoms with van der Waals surface area (Å²) in [6.45, 7) is 7.21. The predicted octanol–water partition coefficient (Wildman–Crippen LogP) is 3.79. The molecule has 3 aromatic heterocycles. The Labute approximate surface area is 326 Å². The van der Waals surface area contributed by atoms with Crippen LogP contribution in [0.3, 0.4) is 0 Å². The van der Waals surface area contributed by atoms with Crippen molar-refractivity contribution >= 4 is 22.7 Å². The fraction of sp³-hybridized carbons (Fsp3) is 0.488. The van der Waals surface area contributed by atoms with Gasteiger partial charge in [0.25, 0.3) is 11.1 Å². The van der Waals surface area contributed by atoms with Gasteiger partial charge in [0.2, 0.25) is 5.91 Å². The summed E-state index contributed by atoms with van der Waals surface area (Å²) in [5.41, 5.74) is 3.05. The number of methoxy groups -OCH3 is 2. The molecule has 2 atom stereocenters. The number of carbonyl (C=O) groups excluding carboxylic acids is 2. The van der Waals surface area contributed by atoms with Crippen molar-refractivity contribution in [2.75, 3.05) is 53.5 Å². The Balaban J connectivity index is 0.000000216. The molecular formula is C41H54FN7O7. The first-order chi connectivity index (χ1) is 26.9. The molecule has 0 spiro atoms. The van der Waals surface area contributed by atoms with Gasteiger partial charge in [-0.1, -0.05) is 13.0 Å². The van der Waals surface area contributed by atoms with Gasteiger partial charge in [-0.2, -0.15) is 0 Å². The smallest absolute Gasteiger partial charge is 0.324 e. The van der Waals surface area contributed by atoms with E-state index in [1.807, 2.05) is 36.2 Å². The molecule has 3 fully saturated rings. The summed E-state index contributed by atoms with van der Waals surface area (Å²) in [5.74, 6) is 1.30. The van der Waals surface area contributed by atoms with E-state index in [4.69, 9.17) is 9.47 Å². The van der Waals surface area contributed by atoms with Gasteiger partial charge in [-0.3, -0.25) is 34.5 Å². The second kappa shape index (κ2) is 18.2. The Morgan fingerprint density at radius 3 is 2.36 bits per heavy atom. The van der Waals surface area contributed by atoms with Crippen molar-refractivity contribution in [3.8, 4) is 22.6 Å². The van der Waals surface area contributed by atoms with Crippen molar-refractivity contribution in [2.24, 2.45) is 13.0 Å². The lowest BCUT2D eigenvalue weighted by Crippen LogP contribution is -2.49. The van der Waals surface area contributed by atoms with Crippen molar-refractivity contribution < 1.29 is 30.0 Å². The molecule has 3 saturated heterocycles. The van der Waals surface area contributed by atoms with Gasteiger partial charge in [0.05, 0.1) is 32.3 Å².